The molecule has 2 amide bonds. The Morgan fingerprint density at radius 3 is 2.39 bits per heavy atom. The van der Waals surface area contributed by atoms with Gasteiger partial charge in [-0.25, -0.2) is 5.43 Å². The molecule has 0 aromatic heterocycles. The molecule has 0 atom stereocenters. The summed E-state index contributed by atoms with van der Waals surface area (Å²) in [7, 11) is 3.09. The molecule has 0 bridgehead atoms. The summed E-state index contributed by atoms with van der Waals surface area (Å²) >= 11 is 3.39. The maximum absolute atomic E-state index is 11.9. The number of methoxy groups -OCH3 is 2. The fraction of sp³-hybridized carbons (Fsp3) is 0.250. The van der Waals surface area contributed by atoms with Crippen molar-refractivity contribution in [1.29, 1.82) is 0 Å². The van der Waals surface area contributed by atoms with Crippen molar-refractivity contribution in [2.75, 3.05) is 14.2 Å². The summed E-state index contributed by atoms with van der Waals surface area (Å²) < 4.78 is 11.2. The van der Waals surface area contributed by atoms with Crippen LogP contribution in [-0.2, 0) is 16.1 Å². The molecule has 0 saturated heterocycles. The number of hydrazone groups is 1. The Hall–Kier alpha value is -2.87. The summed E-state index contributed by atoms with van der Waals surface area (Å²) in [4.78, 5) is 23.7. The molecule has 2 aromatic carbocycles. The van der Waals surface area contributed by atoms with E-state index in [2.05, 4.69) is 31.8 Å². The van der Waals surface area contributed by atoms with Crippen LogP contribution in [0.2, 0.25) is 0 Å². The third kappa shape index (κ3) is 6.70. The normalized spacial score (nSPS) is 10.5. The van der Waals surface area contributed by atoms with Gasteiger partial charge in [0.25, 0.3) is 0 Å². The summed E-state index contributed by atoms with van der Waals surface area (Å²) in [5, 5.41) is 6.70. The monoisotopic (exact) mass is 447 g/mol. The Bertz CT molecular complexity index is 841. The summed E-state index contributed by atoms with van der Waals surface area (Å²) in [5.41, 5.74) is 4.08. The minimum Gasteiger partial charge on any atom is -0.496 e. The molecule has 0 saturated carbocycles. The summed E-state index contributed by atoms with van der Waals surface area (Å²) in [6, 6.07) is 13.1. The second-order valence-corrected chi connectivity index (χ2v) is 6.64. The molecule has 0 aliphatic rings. The Kier molecular flexibility index (Phi) is 8.48. The van der Waals surface area contributed by atoms with E-state index >= 15 is 0 Å². The van der Waals surface area contributed by atoms with E-state index in [9.17, 15) is 9.59 Å². The van der Waals surface area contributed by atoms with Crippen LogP contribution in [0.25, 0.3) is 0 Å². The minimum absolute atomic E-state index is 0.0431. The van der Waals surface area contributed by atoms with Crippen LogP contribution in [0.5, 0.6) is 11.5 Å². The van der Waals surface area contributed by atoms with E-state index in [4.69, 9.17) is 9.47 Å². The third-order valence-electron chi connectivity index (χ3n) is 3.81. The number of nitrogens with one attached hydrogen (secondary N) is 2. The number of benzene rings is 2. The number of hydrogen-bond donors (Lipinski definition) is 2. The molecule has 0 aliphatic carbocycles. The number of rotatable bonds is 9. The van der Waals surface area contributed by atoms with Gasteiger partial charge in [0, 0.05) is 31.0 Å². The first kappa shape index (κ1) is 21.4. The van der Waals surface area contributed by atoms with Crippen molar-refractivity contribution < 1.29 is 19.1 Å². The molecular formula is C20H22BrN3O4. The van der Waals surface area contributed by atoms with Crippen molar-refractivity contribution in [2.24, 2.45) is 5.10 Å². The predicted molar refractivity (Wildman–Crippen MR) is 111 cm³/mol. The summed E-state index contributed by atoms with van der Waals surface area (Å²) in [6.07, 6.45) is 1.60. The Morgan fingerprint density at radius 1 is 1.04 bits per heavy atom. The highest BCUT2D eigenvalue weighted by molar-refractivity contribution is 9.10. The SMILES string of the molecule is COc1cc(OC)c(C=NNC(=O)CCC(=O)NCc2ccccc2)cc1Br. The largest absolute Gasteiger partial charge is 0.496 e. The standard InChI is InChI=1S/C20H22BrN3O4/c1-27-17-11-18(28-2)16(21)10-15(17)13-23-24-20(26)9-8-19(25)22-12-14-6-4-3-5-7-14/h3-7,10-11,13H,8-9,12H2,1-2H3,(H,22,25)(H,24,26). The lowest BCUT2D eigenvalue weighted by atomic mass is 10.2. The third-order valence-corrected chi connectivity index (χ3v) is 4.43. The highest BCUT2D eigenvalue weighted by Crippen LogP contribution is 2.31. The van der Waals surface area contributed by atoms with Crippen molar-refractivity contribution in [3.8, 4) is 11.5 Å². The molecule has 0 spiro atoms. The first-order chi connectivity index (χ1) is 13.5. The van der Waals surface area contributed by atoms with Crippen molar-refractivity contribution >= 4 is 34.0 Å². The number of ether oxygens (including phenoxy) is 2. The molecule has 2 rings (SSSR count). The molecule has 2 N–H and O–H groups in total. The van der Waals surface area contributed by atoms with Gasteiger partial charge < -0.3 is 14.8 Å². The molecule has 2 aromatic rings. The summed E-state index contributed by atoms with van der Waals surface area (Å²) in [6.45, 7) is 0.436. The zero-order valence-corrected chi connectivity index (χ0v) is 17.3. The van der Waals surface area contributed by atoms with Gasteiger partial charge in [0.05, 0.1) is 24.9 Å². The van der Waals surface area contributed by atoms with Gasteiger partial charge in [0.2, 0.25) is 11.8 Å². The van der Waals surface area contributed by atoms with Crippen LogP contribution in [0.4, 0.5) is 0 Å². The topological polar surface area (TPSA) is 89.0 Å². The fourth-order valence-corrected chi connectivity index (χ4v) is 2.85. The zero-order chi connectivity index (χ0) is 20.4. The molecule has 8 heteroatoms. The number of hydrogen-bond acceptors (Lipinski definition) is 5. The predicted octanol–water partition coefficient (Wildman–Crippen LogP) is 3.01. The molecule has 7 nitrogen and oxygen atoms in total. The molecule has 0 unspecified atom stereocenters. The summed E-state index contributed by atoms with van der Waals surface area (Å²) in [5.74, 6) is 0.638. The Labute approximate surface area is 172 Å². The second kappa shape index (κ2) is 11.1. The van der Waals surface area contributed by atoms with Gasteiger partial charge in [0.1, 0.15) is 11.5 Å². The van der Waals surface area contributed by atoms with E-state index in [1.165, 1.54) is 13.3 Å². The molecule has 0 fully saturated rings. The van der Waals surface area contributed by atoms with E-state index in [1.807, 2.05) is 30.3 Å². The lowest BCUT2D eigenvalue weighted by Crippen LogP contribution is -2.25. The number of halogens is 1. The van der Waals surface area contributed by atoms with Gasteiger partial charge >= 0.3 is 0 Å². The highest BCUT2D eigenvalue weighted by Gasteiger charge is 2.09. The first-order valence-electron chi connectivity index (χ1n) is 8.57. The second-order valence-electron chi connectivity index (χ2n) is 5.78. The van der Waals surface area contributed by atoms with Gasteiger partial charge in [-0.15, -0.1) is 0 Å². The maximum atomic E-state index is 11.9. The highest BCUT2D eigenvalue weighted by atomic mass is 79.9. The molecule has 148 valence electrons. The van der Waals surface area contributed by atoms with Crippen LogP contribution >= 0.6 is 15.9 Å². The van der Waals surface area contributed by atoms with Crippen molar-refractivity contribution in [2.45, 2.75) is 19.4 Å². The van der Waals surface area contributed by atoms with Crippen LogP contribution in [0.15, 0.2) is 52.0 Å². The lowest BCUT2D eigenvalue weighted by Gasteiger charge is -2.09. The van der Waals surface area contributed by atoms with Crippen LogP contribution < -0.4 is 20.2 Å². The molecule has 0 heterocycles. The maximum Gasteiger partial charge on any atom is 0.240 e. The van der Waals surface area contributed by atoms with Gasteiger partial charge in [-0.1, -0.05) is 30.3 Å². The Morgan fingerprint density at radius 2 is 1.71 bits per heavy atom. The zero-order valence-electron chi connectivity index (χ0n) is 15.7. The van der Waals surface area contributed by atoms with E-state index in [0.717, 1.165) is 10.0 Å². The Balaban J connectivity index is 1.79. The average molecular weight is 448 g/mol. The number of carbonyl (C=O) groups excluding carboxylic acids is 2. The average Bonchev–Trinajstić information content (AvgIpc) is 2.71. The molecule has 0 radical (unpaired) electrons. The van der Waals surface area contributed by atoms with E-state index in [0.29, 0.717) is 23.6 Å². The number of amides is 2. The van der Waals surface area contributed by atoms with Crippen molar-refractivity contribution in [3.63, 3.8) is 0 Å². The molecule has 0 aliphatic heterocycles. The molecular weight excluding hydrogens is 426 g/mol. The van der Waals surface area contributed by atoms with Gasteiger partial charge in [-0.05, 0) is 27.6 Å². The van der Waals surface area contributed by atoms with Gasteiger partial charge in [-0.3, -0.25) is 9.59 Å². The minimum atomic E-state index is -0.349. The van der Waals surface area contributed by atoms with Crippen LogP contribution in [0, 0.1) is 0 Å². The van der Waals surface area contributed by atoms with Crippen LogP contribution in [0.3, 0.4) is 0 Å². The lowest BCUT2D eigenvalue weighted by molar-refractivity contribution is -0.126. The number of nitrogens with zero attached hydrogens (tertiary/aromatic N) is 1. The van der Waals surface area contributed by atoms with Crippen molar-refractivity contribution in [3.05, 3.63) is 58.1 Å². The number of carbonyl (C=O) groups is 2. The van der Waals surface area contributed by atoms with E-state index in [1.54, 1.807) is 19.2 Å². The fourth-order valence-electron chi connectivity index (χ4n) is 2.33. The smallest absolute Gasteiger partial charge is 0.240 e. The van der Waals surface area contributed by atoms with E-state index < -0.39 is 0 Å². The van der Waals surface area contributed by atoms with Gasteiger partial charge in [0.15, 0.2) is 0 Å². The van der Waals surface area contributed by atoms with Crippen molar-refractivity contribution in [1.82, 2.24) is 10.7 Å². The van der Waals surface area contributed by atoms with Crippen LogP contribution in [-0.4, -0.2) is 32.2 Å². The van der Waals surface area contributed by atoms with E-state index in [-0.39, 0.29) is 24.7 Å². The molecule has 28 heavy (non-hydrogen) atoms. The van der Waals surface area contributed by atoms with Gasteiger partial charge in [-0.2, -0.15) is 5.10 Å². The first-order valence-corrected chi connectivity index (χ1v) is 9.37. The quantitative estimate of drug-likeness (QED) is 0.456. The van der Waals surface area contributed by atoms with Crippen LogP contribution in [0.1, 0.15) is 24.0 Å².